The van der Waals surface area contributed by atoms with E-state index in [1.165, 1.54) is 6.07 Å². The van der Waals surface area contributed by atoms with Crippen LogP contribution in [0.25, 0.3) is 16.7 Å². The van der Waals surface area contributed by atoms with Crippen LogP contribution >= 0.6 is 0 Å². The lowest BCUT2D eigenvalue weighted by Crippen LogP contribution is -1.98. The number of fused-ring (bicyclic) bond motifs is 1. The molecule has 0 saturated heterocycles. The third-order valence-electron chi connectivity index (χ3n) is 3.14. The normalized spacial score (nSPS) is 10.9. The lowest BCUT2D eigenvalue weighted by Gasteiger charge is -2.05. The molecule has 0 amide bonds. The zero-order valence-electron chi connectivity index (χ0n) is 11.2. The molecule has 3 rings (SSSR count). The third kappa shape index (κ3) is 2.03. The number of rotatable bonds is 2. The smallest absolute Gasteiger partial charge is 0.335 e. The van der Waals surface area contributed by atoms with Crippen molar-refractivity contribution in [2.24, 2.45) is 0 Å². The van der Waals surface area contributed by atoms with Crippen molar-refractivity contribution in [2.75, 3.05) is 0 Å². The number of aromatic nitrogens is 3. The van der Waals surface area contributed by atoms with Crippen molar-refractivity contribution >= 4 is 17.0 Å². The van der Waals surface area contributed by atoms with Crippen LogP contribution in [-0.2, 0) is 0 Å². The van der Waals surface area contributed by atoms with Crippen molar-refractivity contribution < 1.29 is 9.90 Å². The van der Waals surface area contributed by atoms with Gasteiger partial charge in [-0.1, -0.05) is 11.3 Å². The Labute approximate surface area is 115 Å². The van der Waals surface area contributed by atoms with Crippen LogP contribution in [0, 0.1) is 13.8 Å². The van der Waals surface area contributed by atoms with E-state index in [-0.39, 0.29) is 5.56 Å². The van der Waals surface area contributed by atoms with Gasteiger partial charge >= 0.3 is 5.97 Å². The van der Waals surface area contributed by atoms with E-state index in [0.717, 1.165) is 22.3 Å². The van der Waals surface area contributed by atoms with Gasteiger partial charge in [0.25, 0.3) is 0 Å². The second-order valence-corrected chi connectivity index (χ2v) is 4.86. The molecule has 5 heteroatoms. The molecule has 20 heavy (non-hydrogen) atoms. The standard InChI is InChI=1S/C15H13N3O2/c1-9-5-10(2)7-12(6-9)18-14-4-3-11(15(19)20)8-13(14)16-17-18/h3-8H,1-2H3,(H,19,20). The molecule has 0 unspecified atom stereocenters. The lowest BCUT2D eigenvalue weighted by atomic mass is 10.1. The average Bonchev–Trinajstić information content (AvgIpc) is 2.80. The Morgan fingerprint density at radius 1 is 1.10 bits per heavy atom. The van der Waals surface area contributed by atoms with E-state index in [1.54, 1.807) is 16.8 Å². The van der Waals surface area contributed by atoms with Crippen LogP contribution in [0.15, 0.2) is 36.4 Å². The summed E-state index contributed by atoms with van der Waals surface area (Å²) in [5.41, 5.74) is 4.79. The molecule has 100 valence electrons. The van der Waals surface area contributed by atoms with Gasteiger partial charge < -0.3 is 5.11 Å². The largest absolute Gasteiger partial charge is 0.478 e. The van der Waals surface area contributed by atoms with Gasteiger partial charge in [0.2, 0.25) is 0 Å². The number of aryl methyl sites for hydroxylation is 2. The highest BCUT2D eigenvalue weighted by atomic mass is 16.4. The number of hydrogen-bond donors (Lipinski definition) is 1. The highest BCUT2D eigenvalue weighted by Crippen LogP contribution is 2.19. The molecule has 0 saturated carbocycles. The fraction of sp³-hybridized carbons (Fsp3) is 0.133. The van der Waals surface area contributed by atoms with Gasteiger partial charge in [-0.2, -0.15) is 0 Å². The summed E-state index contributed by atoms with van der Waals surface area (Å²) >= 11 is 0. The Kier molecular flexibility index (Phi) is 2.75. The first-order valence-electron chi connectivity index (χ1n) is 6.22. The molecular weight excluding hydrogens is 254 g/mol. The summed E-state index contributed by atoms with van der Waals surface area (Å²) in [7, 11) is 0. The first-order valence-corrected chi connectivity index (χ1v) is 6.22. The first kappa shape index (κ1) is 12.3. The Hall–Kier alpha value is -2.69. The van der Waals surface area contributed by atoms with E-state index in [2.05, 4.69) is 16.4 Å². The third-order valence-corrected chi connectivity index (χ3v) is 3.14. The number of hydrogen-bond acceptors (Lipinski definition) is 3. The molecule has 5 nitrogen and oxygen atoms in total. The van der Waals surface area contributed by atoms with E-state index in [1.807, 2.05) is 26.0 Å². The molecule has 0 aliphatic rings. The molecule has 1 heterocycles. The van der Waals surface area contributed by atoms with E-state index < -0.39 is 5.97 Å². The van der Waals surface area contributed by atoms with Crippen molar-refractivity contribution in [1.82, 2.24) is 15.0 Å². The average molecular weight is 267 g/mol. The highest BCUT2D eigenvalue weighted by Gasteiger charge is 2.10. The van der Waals surface area contributed by atoms with E-state index in [9.17, 15) is 4.79 Å². The summed E-state index contributed by atoms with van der Waals surface area (Å²) in [6.07, 6.45) is 0. The maximum atomic E-state index is 11.0. The van der Waals surface area contributed by atoms with Gasteiger partial charge in [0.15, 0.2) is 0 Å². The van der Waals surface area contributed by atoms with Gasteiger partial charge in [0.05, 0.1) is 16.8 Å². The predicted octanol–water partition coefficient (Wildman–Crippen LogP) is 2.74. The highest BCUT2D eigenvalue weighted by molar-refractivity contribution is 5.92. The number of carbonyl (C=O) groups is 1. The summed E-state index contributed by atoms with van der Waals surface area (Å²) in [4.78, 5) is 11.0. The van der Waals surface area contributed by atoms with Crippen LogP contribution in [0.2, 0.25) is 0 Å². The maximum absolute atomic E-state index is 11.0. The fourth-order valence-electron chi connectivity index (χ4n) is 2.32. The SMILES string of the molecule is Cc1cc(C)cc(-n2nnc3cc(C(=O)O)ccc32)c1. The summed E-state index contributed by atoms with van der Waals surface area (Å²) in [5, 5.41) is 17.2. The number of carboxylic acids is 1. The monoisotopic (exact) mass is 267 g/mol. The lowest BCUT2D eigenvalue weighted by molar-refractivity contribution is 0.0697. The molecule has 0 fully saturated rings. The Morgan fingerprint density at radius 2 is 1.80 bits per heavy atom. The molecular formula is C15H13N3O2. The summed E-state index contributed by atoms with van der Waals surface area (Å²) < 4.78 is 1.72. The van der Waals surface area contributed by atoms with Crippen molar-refractivity contribution in [1.29, 1.82) is 0 Å². The van der Waals surface area contributed by atoms with E-state index in [4.69, 9.17) is 5.11 Å². The van der Waals surface area contributed by atoms with Crippen molar-refractivity contribution in [3.63, 3.8) is 0 Å². The zero-order valence-corrected chi connectivity index (χ0v) is 11.2. The molecule has 0 atom stereocenters. The van der Waals surface area contributed by atoms with Gasteiger partial charge in [-0.25, -0.2) is 9.48 Å². The van der Waals surface area contributed by atoms with Crippen LogP contribution in [0.4, 0.5) is 0 Å². The minimum Gasteiger partial charge on any atom is -0.478 e. The molecule has 0 radical (unpaired) electrons. The second-order valence-electron chi connectivity index (χ2n) is 4.86. The molecule has 0 spiro atoms. The van der Waals surface area contributed by atoms with Gasteiger partial charge in [-0.15, -0.1) is 5.10 Å². The van der Waals surface area contributed by atoms with Crippen LogP contribution in [0.5, 0.6) is 0 Å². The molecule has 2 aromatic carbocycles. The van der Waals surface area contributed by atoms with Crippen LogP contribution in [-0.4, -0.2) is 26.1 Å². The Morgan fingerprint density at radius 3 is 2.45 bits per heavy atom. The van der Waals surface area contributed by atoms with Crippen LogP contribution < -0.4 is 0 Å². The minimum absolute atomic E-state index is 0.213. The van der Waals surface area contributed by atoms with Crippen molar-refractivity contribution in [3.8, 4) is 5.69 Å². The molecule has 3 aromatic rings. The first-order chi connectivity index (χ1) is 9.54. The topological polar surface area (TPSA) is 68.0 Å². The van der Waals surface area contributed by atoms with Crippen LogP contribution in [0.3, 0.4) is 0 Å². The number of carboxylic acid groups (broad SMARTS) is 1. The van der Waals surface area contributed by atoms with Crippen molar-refractivity contribution in [3.05, 3.63) is 53.1 Å². The van der Waals surface area contributed by atoms with Gasteiger partial charge in [0.1, 0.15) is 5.52 Å². The molecule has 1 N–H and O–H groups in total. The zero-order chi connectivity index (χ0) is 14.3. The van der Waals surface area contributed by atoms with Gasteiger partial charge in [-0.05, 0) is 55.3 Å². The van der Waals surface area contributed by atoms with E-state index >= 15 is 0 Å². The number of aromatic carboxylic acids is 1. The van der Waals surface area contributed by atoms with Crippen LogP contribution in [0.1, 0.15) is 21.5 Å². The maximum Gasteiger partial charge on any atom is 0.335 e. The minimum atomic E-state index is -0.965. The van der Waals surface area contributed by atoms with E-state index in [0.29, 0.717) is 5.52 Å². The van der Waals surface area contributed by atoms with Crippen molar-refractivity contribution in [2.45, 2.75) is 13.8 Å². The summed E-state index contributed by atoms with van der Waals surface area (Å²) in [6.45, 7) is 4.05. The molecule has 0 bridgehead atoms. The number of nitrogens with zero attached hydrogens (tertiary/aromatic N) is 3. The summed E-state index contributed by atoms with van der Waals surface area (Å²) in [5.74, 6) is -0.965. The molecule has 1 aromatic heterocycles. The molecule has 0 aliphatic heterocycles. The van der Waals surface area contributed by atoms with Gasteiger partial charge in [0, 0.05) is 0 Å². The Bertz CT molecular complexity index is 801. The number of benzene rings is 2. The quantitative estimate of drug-likeness (QED) is 0.775. The fourth-order valence-corrected chi connectivity index (χ4v) is 2.32. The molecule has 0 aliphatic carbocycles. The Balaban J connectivity index is 2.19. The van der Waals surface area contributed by atoms with Gasteiger partial charge in [-0.3, -0.25) is 0 Å². The summed E-state index contributed by atoms with van der Waals surface area (Å²) in [6, 6.07) is 11.0. The predicted molar refractivity (Wildman–Crippen MR) is 75.3 cm³/mol. The second kappa shape index (κ2) is 4.45.